The Hall–Kier alpha value is -2.09. The Bertz CT molecular complexity index is 1020. The van der Waals surface area contributed by atoms with Crippen molar-refractivity contribution in [3.8, 4) is 0 Å². The first-order valence-corrected chi connectivity index (χ1v) is 12.0. The lowest BCUT2D eigenvalue weighted by molar-refractivity contribution is -0.388. The Labute approximate surface area is 178 Å². The average molecular weight is 455 g/mol. The Kier molecular flexibility index (Phi) is 6.32. The second-order valence-corrected chi connectivity index (χ2v) is 10.2. The maximum absolute atomic E-state index is 12.9. The van der Waals surface area contributed by atoms with Crippen LogP contribution in [0, 0.1) is 10.1 Å². The van der Waals surface area contributed by atoms with E-state index in [0.29, 0.717) is 23.3 Å². The maximum atomic E-state index is 12.9. The summed E-state index contributed by atoms with van der Waals surface area (Å²) in [5.74, 6) is 0. The quantitative estimate of drug-likeness (QED) is 0.476. The molecule has 13 heteroatoms. The Balaban J connectivity index is 1.62. The van der Waals surface area contributed by atoms with E-state index < -0.39 is 14.9 Å². The molecular weight excluding hydrogens is 432 g/mol. The van der Waals surface area contributed by atoms with E-state index in [9.17, 15) is 18.5 Å². The minimum atomic E-state index is -3.83. The van der Waals surface area contributed by atoms with E-state index in [0.717, 1.165) is 43.5 Å². The zero-order valence-corrected chi connectivity index (χ0v) is 17.8. The molecule has 1 aliphatic heterocycles. The van der Waals surface area contributed by atoms with Crippen LogP contribution in [-0.2, 0) is 14.8 Å². The van der Waals surface area contributed by atoms with Crippen LogP contribution in [0.3, 0.4) is 0 Å². The van der Waals surface area contributed by atoms with Gasteiger partial charge in [0.2, 0.25) is 15.2 Å². The monoisotopic (exact) mass is 454 g/mol. The summed E-state index contributed by atoms with van der Waals surface area (Å²) in [4.78, 5) is 11.3. The smallest absolute Gasteiger partial charge is 0.284 e. The summed E-state index contributed by atoms with van der Waals surface area (Å²) in [6.07, 6.45) is 5.33. The molecule has 1 aromatic heterocycles. The molecule has 0 spiro atoms. The van der Waals surface area contributed by atoms with Crippen LogP contribution in [0.5, 0.6) is 0 Å². The third kappa shape index (κ3) is 4.33. The third-order valence-electron chi connectivity index (χ3n) is 5.32. The van der Waals surface area contributed by atoms with E-state index in [1.165, 1.54) is 22.9 Å². The van der Waals surface area contributed by atoms with Crippen molar-refractivity contribution in [2.75, 3.05) is 26.3 Å². The predicted molar refractivity (Wildman–Crippen MR) is 107 cm³/mol. The summed E-state index contributed by atoms with van der Waals surface area (Å²) in [7, 11) is -3.83. The molecule has 2 aliphatic rings. The van der Waals surface area contributed by atoms with Gasteiger partial charge in [-0.1, -0.05) is 19.3 Å². The Morgan fingerprint density at radius 2 is 1.90 bits per heavy atom. The second-order valence-electron chi connectivity index (χ2n) is 7.20. The van der Waals surface area contributed by atoms with E-state index in [-0.39, 0.29) is 29.7 Å². The number of hydrogen-bond acceptors (Lipinski definition) is 9. The zero-order chi connectivity index (χ0) is 21.1. The summed E-state index contributed by atoms with van der Waals surface area (Å²) < 4.78 is 33.9. The van der Waals surface area contributed by atoms with Crippen molar-refractivity contribution in [1.29, 1.82) is 0 Å². The molecule has 0 N–H and O–H groups in total. The van der Waals surface area contributed by atoms with Gasteiger partial charge in [-0.3, -0.25) is 10.1 Å². The molecule has 1 aliphatic carbocycles. The fourth-order valence-corrected chi connectivity index (χ4v) is 6.08. The molecule has 11 nitrogen and oxygen atoms in total. The average Bonchev–Trinajstić information content (AvgIpc) is 3.23. The highest BCUT2D eigenvalue weighted by molar-refractivity contribution is 7.99. The predicted octanol–water partition coefficient (Wildman–Crippen LogP) is 2.26. The number of rotatable bonds is 6. The number of nitro benzene ring substituents is 1. The molecule has 0 atom stereocenters. The van der Waals surface area contributed by atoms with Crippen molar-refractivity contribution in [2.24, 2.45) is 0 Å². The normalized spacial score (nSPS) is 19.1. The topological polar surface area (TPSA) is 133 Å². The van der Waals surface area contributed by atoms with Crippen molar-refractivity contribution >= 4 is 27.5 Å². The number of aromatic nitrogens is 4. The molecule has 2 aromatic rings. The van der Waals surface area contributed by atoms with Gasteiger partial charge in [0.05, 0.1) is 34.0 Å². The van der Waals surface area contributed by atoms with E-state index in [2.05, 4.69) is 15.5 Å². The molecule has 162 valence electrons. The lowest BCUT2D eigenvalue weighted by atomic mass is 9.96. The van der Waals surface area contributed by atoms with Crippen molar-refractivity contribution in [2.45, 2.75) is 53.1 Å². The van der Waals surface area contributed by atoms with Crippen LogP contribution < -0.4 is 0 Å². The Morgan fingerprint density at radius 1 is 1.17 bits per heavy atom. The molecule has 0 radical (unpaired) electrons. The SMILES string of the molecule is O=[N+]([O-])c1cc(S(=O)(=O)N2CCOCC2)ccc1Sc1nnnn1C1CCCCC1. The van der Waals surface area contributed by atoms with Crippen LogP contribution in [0.1, 0.15) is 38.1 Å². The number of nitro groups is 1. The first-order chi connectivity index (χ1) is 14.5. The molecule has 1 saturated heterocycles. The number of sulfonamides is 1. The molecule has 1 aromatic carbocycles. The van der Waals surface area contributed by atoms with Crippen LogP contribution in [0.4, 0.5) is 5.69 Å². The molecule has 2 fully saturated rings. The number of benzene rings is 1. The van der Waals surface area contributed by atoms with Gasteiger partial charge in [-0.05, 0) is 47.2 Å². The highest BCUT2D eigenvalue weighted by Crippen LogP contribution is 2.38. The van der Waals surface area contributed by atoms with Gasteiger partial charge in [0, 0.05) is 19.2 Å². The largest absolute Gasteiger partial charge is 0.379 e. The Morgan fingerprint density at radius 3 is 2.60 bits per heavy atom. The molecule has 2 heterocycles. The molecule has 0 amide bonds. The summed E-state index contributed by atoms with van der Waals surface area (Å²) in [6.45, 7) is 1.06. The number of nitrogens with zero attached hydrogens (tertiary/aromatic N) is 6. The maximum Gasteiger partial charge on any atom is 0.284 e. The van der Waals surface area contributed by atoms with Crippen molar-refractivity contribution in [3.63, 3.8) is 0 Å². The van der Waals surface area contributed by atoms with Gasteiger partial charge in [0.15, 0.2) is 0 Å². The van der Waals surface area contributed by atoms with Gasteiger partial charge >= 0.3 is 0 Å². The zero-order valence-electron chi connectivity index (χ0n) is 16.2. The number of hydrogen-bond donors (Lipinski definition) is 0. The minimum Gasteiger partial charge on any atom is -0.379 e. The third-order valence-corrected chi connectivity index (χ3v) is 8.23. The standard InChI is InChI=1S/C17H22N6O5S2/c24-23(25)15-12-14(30(26,27)21-8-10-28-11-9-21)6-7-16(15)29-17-18-19-20-22(17)13-4-2-1-3-5-13/h6-7,12-13H,1-5,8-11H2. The fourth-order valence-electron chi connectivity index (χ4n) is 3.73. The summed E-state index contributed by atoms with van der Waals surface area (Å²) in [5.41, 5.74) is -0.285. The molecular formula is C17H22N6O5S2. The van der Waals surface area contributed by atoms with Crippen LogP contribution in [-0.4, -0.2) is 64.2 Å². The van der Waals surface area contributed by atoms with Crippen LogP contribution in [0.25, 0.3) is 0 Å². The van der Waals surface area contributed by atoms with Crippen molar-refractivity contribution in [3.05, 3.63) is 28.3 Å². The molecule has 30 heavy (non-hydrogen) atoms. The van der Waals surface area contributed by atoms with Crippen LogP contribution in [0.2, 0.25) is 0 Å². The minimum absolute atomic E-state index is 0.104. The van der Waals surface area contributed by atoms with Gasteiger partial charge in [-0.2, -0.15) is 4.31 Å². The first kappa shape index (κ1) is 21.2. The van der Waals surface area contributed by atoms with Gasteiger partial charge in [-0.15, -0.1) is 5.10 Å². The van der Waals surface area contributed by atoms with Crippen LogP contribution >= 0.6 is 11.8 Å². The fraction of sp³-hybridized carbons (Fsp3) is 0.588. The van der Waals surface area contributed by atoms with E-state index in [4.69, 9.17) is 4.74 Å². The van der Waals surface area contributed by atoms with Gasteiger partial charge in [0.1, 0.15) is 0 Å². The van der Waals surface area contributed by atoms with E-state index >= 15 is 0 Å². The molecule has 0 bridgehead atoms. The number of ether oxygens (including phenoxy) is 1. The second kappa shape index (κ2) is 8.96. The lowest BCUT2D eigenvalue weighted by Crippen LogP contribution is -2.40. The highest BCUT2D eigenvalue weighted by atomic mass is 32.2. The van der Waals surface area contributed by atoms with Crippen molar-refractivity contribution in [1.82, 2.24) is 24.5 Å². The lowest BCUT2D eigenvalue weighted by Gasteiger charge is -2.26. The highest BCUT2D eigenvalue weighted by Gasteiger charge is 2.30. The van der Waals surface area contributed by atoms with E-state index in [1.54, 1.807) is 4.68 Å². The van der Waals surface area contributed by atoms with Crippen molar-refractivity contribution < 1.29 is 18.1 Å². The summed E-state index contributed by atoms with van der Waals surface area (Å²) >= 11 is 1.08. The van der Waals surface area contributed by atoms with E-state index in [1.807, 2.05) is 0 Å². The molecule has 4 rings (SSSR count). The first-order valence-electron chi connectivity index (χ1n) is 9.79. The van der Waals surface area contributed by atoms with Gasteiger partial charge in [-0.25, -0.2) is 13.1 Å². The number of tetrazole rings is 1. The van der Waals surface area contributed by atoms with Crippen LogP contribution in [0.15, 0.2) is 33.1 Å². The van der Waals surface area contributed by atoms with Gasteiger partial charge < -0.3 is 4.74 Å². The molecule has 1 saturated carbocycles. The molecule has 0 unspecified atom stereocenters. The summed E-state index contributed by atoms with van der Waals surface area (Å²) in [5, 5.41) is 24.0. The summed E-state index contributed by atoms with van der Waals surface area (Å²) in [6, 6.07) is 4.14. The van der Waals surface area contributed by atoms with Gasteiger partial charge in [0.25, 0.3) is 5.69 Å². The number of morpholine rings is 1.